The van der Waals surface area contributed by atoms with Crippen LogP contribution in [0.4, 0.5) is 5.69 Å². The molecule has 6 heteroatoms. The van der Waals surface area contributed by atoms with E-state index in [9.17, 15) is 10.1 Å². The third-order valence-corrected chi connectivity index (χ3v) is 3.96. The van der Waals surface area contributed by atoms with E-state index < -0.39 is 10.5 Å². The van der Waals surface area contributed by atoms with Gasteiger partial charge in [0.05, 0.1) is 27.7 Å². The molecule has 0 N–H and O–H groups in total. The largest absolute Gasteiger partial charge is 0.379 e. The number of methoxy groups -OCH3 is 1. The Bertz CT molecular complexity index is 479. The lowest BCUT2D eigenvalue weighted by molar-refractivity contribution is -0.385. The van der Waals surface area contributed by atoms with Gasteiger partial charge in [0.1, 0.15) is 0 Å². The number of hydrogen-bond donors (Lipinski definition) is 0. The summed E-state index contributed by atoms with van der Waals surface area (Å²) in [6.07, 6.45) is 0.736. The highest BCUT2D eigenvalue weighted by Gasteiger charge is 2.38. The third-order valence-electron chi connectivity index (χ3n) is 3.29. The van der Waals surface area contributed by atoms with E-state index in [0.29, 0.717) is 17.5 Å². The Morgan fingerprint density at radius 2 is 2.33 bits per heavy atom. The van der Waals surface area contributed by atoms with E-state index in [0.717, 1.165) is 5.56 Å². The second kappa shape index (κ2) is 4.95. The van der Waals surface area contributed by atoms with Crippen molar-refractivity contribution < 1.29 is 14.4 Å². The van der Waals surface area contributed by atoms with Gasteiger partial charge >= 0.3 is 0 Å². The maximum absolute atomic E-state index is 10.9. The first-order valence-corrected chi connectivity index (χ1v) is 6.37. The Labute approximate surface area is 113 Å². The molecule has 98 valence electrons. The number of benzene rings is 1. The molecule has 1 saturated heterocycles. The molecule has 1 aliphatic rings. The van der Waals surface area contributed by atoms with Gasteiger partial charge in [0.2, 0.25) is 0 Å². The molecule has 1 aliphatic heterocycles. The molecule has 1 heterocycles. The lowest BCUT2D eigenvalue weighted by atomic mass is 9.92. The van der Waals surface area contributed by atoms with Crippen LogP contribution in [0.3, 0.4) is 0 Å². The van der Waals surface area contributed by atoms with E-state index >= 15 is 0 Å². The highest BCUT2D eigenvalue weighted by Crippen LogP contribution is 2.39. The van der Waals surface area contributed by atoms with Gasteiger partial charge in [-0.3, -0.25) is 10.1 Å². The fourth-order valence-electron chi connectivity index (χ4n) is 2.16. The summed E-state index contributed by atoms with van der Waals surface area (Å²) in [7, 11) is 1.64. The topological polar surface area (TPSA) is 61.6 Å². The van der Waals surface area contributed by atoms with Crippen LogP contribution >= 0.6 is 15.9 Å². The van der Waals surface area contributed by atoms with E-state index in [4.69, 9.17) is 9.47 Å². The lowest BCUT2D eigenvalue weighted by Crippen LogP contribution is -2.21. The number of nitro benzene ring substituents is 1. The SMILES string of the molecule is CO[C@@H]1CO[C@](C)(c2ccc(Br)c([N+](=O)[O-])c2)C1. The highest BCUT2D eigenvalue weighted by molar-refractivity contribution is 9.10. The van der Waals surface area contributed by atoms with Gasteiger partial charge in [0.25, 0.3) is 5.69 Å². The molecular weight excluding hydrogens is 302 g/mol. The number of ether oxygens (including phenoxy) is 2. The average Bonchev–Trinajstić information content (AvgIpc) is 2.72. The second-order valence-electron chi connectivity index (χ2n) is 4.53. The zero-order chi connectivity index (χ0) is 13.3. The summed E-state index contributed by atoms with van der Waals surface area (Å²) in [5.41, 5.74) is 0.335. The van der Waals surface area contributed by atoms with Crippen molar-refractivity contribution in [3.05, 3.63) is 38.3 Å². The minimum absolute atomic E-state index is 0.0395. The van der Waals surface area contributed by atoms with Gasteiger partial charge in [-0.05, 0) is 34.5 Å². The molecule has 0 saturated carbocycles. The molecule has 0 bridgehead atoms. The van der Waals surface area contributed by atoms with Crippen molar-refractivity contribution >= 4 is 21.6 Å². The normalized spacial score (nSPS) is 27.4. The zero-order valence-corrected chi connectivity index (χ0v) is 11.8. The molecule has 5 nitrogen and oxygen atoms in total. The van der Waals surface area contributed by atoms with Gasteiger partial charge in [0, 0.05) is 19.6 Å². The standard InChI is InChI=1S/C12H14BrNO4/c1-12(6-9(17-2)7-18-12)8-3-4-10(13)11(5-8)14(15)16/h3-5,9H,6-7H2,1-2H3/t9-,12-/m0/s1. The van der Waals surface area contributed by atoms with Crippen LogP contribution in [0.25, 0.3) is 0 Å². The minimum atomic E-state index is -0.522. The molecule has 0 amide bonds. The highest BCUT2D eigenvalue weighted by atomic mass is 79.9. The summed E-state index contributed by atoms with van der Waals surface area (Å²) in [5, 5.41) is 10.9. The minimum Gasteiger partial charge on any atom is -0.379 e. The fraction of sp³-hybridized carbons (Fsp3) is 0.500. The van der Waals surface area contributed by atoms with Gasteiger partial charge < -0.3 is 9.47 Å². The summed E-state index contributed by atoms with van der Waals surface area (Å²) in [5.74, 6) is 0. The van der Waals surface area contributed by atoms with Crippen molar-refractivity contribution in [2.45, 2.75) is 25.0 Å². The van der Waals surface area contributed by atoms with Gasteiger partial charge in [-0.2, -0.15) is 0 Å². The molecule has 0 aromatic heterocycles. The maximum atomic E-state index is 10.9. The Morgan fingerprint density at radius 3 is 2.89 bits per heavy atom. The number of halogens is 1. The monoisotopic (exact) mass is 315 g/mol. The molecule has 2 atom stereocenters. The molecule has 1 aromatic rings. The van der Waals surface area contributed by atoms with Crippen molar-refractivity contribution in [1.82, 2.24) is 0 Å². The van der Waals surface area contributed by atoms with Crippen LogP contribution < -0.4 is 0 Å². The third kappa shape index (κ3) is 2.41. The van der Waals surface area contributed by atoms with Crippen molar-refractivity contribution in [1.29, 1.82) is 0 Å². The van der Waals surface area contributed by atoms with Gasteiger partial charge in [0.15, 0.2) is 0 Å². The van der Waals surface area contributed by atoms with E-state index in [-0.39, 0.29) is 11.8 Å². The number of nitro groups is 1. The maximum Gasteiger partial charge on any atom is 0.283 e. The summed E-state index contributed by atoms with van der Waals surface area (Å²) in [4.78, 5) is 10.5. The van der Waals surface area contributed by atoms with Gasteiger partial charge in [-0.15, -0.1) is 0 Å². The fourth-order valence-corrected chi connectivity index (χ4v) is 2.55. The lowest BCUT2D eigenvalue weighted by Gasteiger charge is -2.23. The van der Waals surface area contributed by atoms with E-state index in [1.807, 2.05) is 13.0 Å². The number of nitrogens with zero attached hydrogens (tertiary/aromatic N) is 1. The number of rotatable bonds is 3. The summed E-state index contributed by atoms with van der Waals surface area (Å²) < 4.78 is 11.5. The van der Waals surface area contributed by atoms with Crippen LogP contribution in [0.1, 0.15) is 18.9 Å². The van der Waals surface area contributed by atoms with Crippen LogP contribution in [0.2, 0.25) is 0 Å². The van der Waals surface area contributed by atoms with Crippen LogP contribution in [-0.2, 0) is 15.1 Å². The van der Waals surface area contributed by atoms with E-state index in [1.54, 1.807) is 19.2 Å². The Kier molecular flexibility index (Phi) is 3.70. The van der Waals surface area contributed by atoms with Crippen molar-refractivity contribution in [3.63, 3.8) is 0 Å². The first-order valence-electron chi connectivity index (χ1n) is 5.57. The molecule has 2 rings (SSSR count). The Hall–Kier alpha value is -0.980. The summed E-state index contributed by atoms with van der Waals surface area (Å²) in [6, 6.07) is 5.08. The first-order chi connectivity index (χ1) is 8.46. The number of hydrogen-bond acceptors (Lipinski definition) is 4. The molecule has 18 heavy (non-hydrogen) atoms. The van der Waals surface area contributed by atoms with Gasteiger partial charge in [-0.1, -0.05) is 6.07 Å². The molecule has 0 spiro atoms. The van der Waals surface area contributed by atoms with Gasteiger partial charge in [-0.25, -0.2) is 0 Å². The predicted octanol–water partition coefficient (Wildman–Crippen LogP) is 3.01. The summed E-state index contributed by atoms with van der Waals surface area (Å²) >= 11 is 3.18. The average molecular weight is 316 g/mol. The summed E-state index contributed by atoms with van der Waals surface area (Å²) in [6.45, 7) is 2.44. The van der Waals surface area contributed by atoms with E-state index in [1.165, 1.54) is 0 Å². The molecule has 1 aromatic carbocycles. The molecule has 0 aliphatic carbocycles. The van der Waals surface area contributed by atoms with Crippen LogP contribution in [0.15, 0.2) is 22.7 Å². The molecule has 0 unspecified atom stereocenters. The molecule has 0 radical (unpaired) electrons. The van der Waals surface area contributed by atoms with Crippen LogP contribution in [0.5, 0.6) is 0 Å². The van der Waals surface area contributed by atoms with Crippen molar-refractivity contribution in [3.8, 4) is 0 Å². The Balaban J connectivity index is 2.34. The second-order valence-corrected chi connectivity index (χ2v) is 5.38. The van der Waals surface area contributed by atoms with Crippen LogP contribution in [0, 0.1) is 10.1 Å². The van der Waals surface area contributed by atoms with Crippen molar-refractivity contribution in [2.75, 3.05) is 13.7 Å². The quantitative estimate of drug-likeness (QED) is 0.635. The predicted molar refractivity (Wildman–Crippen MR) is 69.5 cm³/mol. The first kappa shape index (κ1) is 13.5. The van der Waals surface area contributed by atoms with E-state index in [2.05, 4.69) is 15.9 Å². The smallest absolute Gasteiger partial charge is 0.283 e. The molecule has 1 fully saturated rings. The Morgan fingerprint density at radius 1 is 1.61 bits per heavy atom. The molecular formula is C12H14BrNO4. The van der Waals surface area contributed by atoms with Crippen molar-refractivity contribution in [2.24, 2.45) is 0 Å². The van der Waals surface area contributed by atoms with Crippen LogP contribution in [-0.4, -0.2) is 24.7 Å². The zero-order valence-electron chi connectivity index (χ0n) is 10.2.